The molecule has 0 saturated heterocycles. The Morgan fingerprint density at radius 2 is 1.89 bits per heavy atom. The highest BCUT2D eigenvalue weighted by Gasteiger charge is 2.20. The average molecular weight is 271 g/mol. The van der Waals surface area contributed by atoms with E-state index in [1.165, 1.54) is 0 Å². The smallest absolute Gasteiger partial charge is 0.326 e. The van der Waals surface area contributed by atoms with E-state index in [4.69, 9.17) is 10.2 Å². The van der Waals surface area contributed by atoms with E-state index < -0.39 is 23.9 Å². The number of nitrogens with one attached hydrogen (secondary N) is 1. The zero-order valence-corrected chi connectivity index (χ0v) is 11.1. The second-order valence-corrected chi connectivity index (χ2v) is 4.21. The first-order valence-corrected chi connectivity index (χ1v) is 6.36. The largest absolute Gasteiger partial charge is 0.481 e. The Hall–Kier alpha value is -1.85. The van der Waals surface area contributed by atoms with Crippen LogP contribution in [0.4, 0.5) is 0 Å². The van der Waals surface area contributed by atoms with Crippen molar-refractivity contribution in [3.63, 3.8) is 0 Å². The first-order chi connectivity index (χ1) is 8.97. The van der Waals surface area contributed by atoms with Crippen molar-refractivity contribution in [2.75, 3.05) is 0 Å². The predicted molar refractivity (Wildman–Crippen MR) is 69.7 cm³/mol. The topological polar surface area (TPSA) is 104 Å². The molecular formula is C13H21NO5. The monoisotopic (exact) mass is 271 g/mol. The molecule has 0 saturated carbocycles. The van der Waals surface area contributed by atoms with Crippen LogP contribution in [0, 0.1) is 0 Å². The molecule has 0 aromatic carbocycles. The van der Waals surface area contributed by atoms with Crippen LogP contribution in [0.1, 0.15) is 45.4 Å². The third-order valence-corrected chi connectivity index (χ3v) is 2.47. The molecule has 0 unspecified atom stereocenters. The van der Waals surface area contributed by atoms with E-state index in [1.54, 1.807) is 6.08 Å². The molecule has 0 spiro atoms. The number of aliphatic carboxylic acids is 2. The fraction of sp³-hybridized carbons (Fsp3) is 0.615. The molecule has 108 valence electrons. The number of rotatable bonds is 10. The molecule has 1 atom stereocenters. The number of allylic oxidation sites excluding steroid dienone is 1. The molecule has 0 radical (unpaired) electrons. The minimum atomic E-state index is -1.22. The minimum Gasteiger partial charge on any atom is -0.481 e. The summed E-state index contributed by atoms with van der Waals surface area (Å²) in [6.07, 6.45) is 6.31. The molecule has 0 fully saturated rings. The summed E-state index contributed by atoms with van der Waals surface area (Å²) in [4.78, 5) is 32.7. The fourth-order valence-electron chi connectivity index (χ4n) is 1.41. The lowest BCUT2D eigenvalue weighted by Gasteiger charge is -2.12. The molecule has 6 nitrogen and oxygen atoms in total. The maximum atomic E-state index is 11.5. The van der Waals surface area contributed by atoms with Gasteiger partial charge in [-0.05, 0) is 12.8 Å². The molecule has 0 aromatic rings. The summed E-state index contributed by atoms with van der Waals surface area (Å²) in [7, 11) is 0. The Morgan fingerprint density at radius 1 is 1.21 bits per heavy atom. The summed E-state index contributed by atoms with van der Waals surface area (Å²) in [5, 5.41) is 19.6. The summed E-state index contributed by atoms with van der Waals surface area (Å²) >= 11 is 0. The number of carboxylic acids is 2. The molecule has 3 N–H and O–H groups in total. The van der Waals surface area contributed by atoms with Crippen LogP contribution in [0.2, 0.25) is 0 Å². The Kier molecular flexibility index (Phi) is 9.12. The van der Waals surface area contributed by atoms with Gasteiger partial charge in [0.1, 0.15) is 6.04 Å². The predicted octanol–water partition coefficient (Wildman–Crippen LogP) is 1.56. The van der Waals surface area contributed by atoms with Gasteiger partial charge in [0, 0.05) is 12.8 Å². The number of unbranched alkanes of at least 4 members (excludes halogenated alkanes) is 2. The van der Waals surface area contributed by atoms with Gasteiger partial charge in [-0.25, -0.2) is 4.79 Å². The summed E-state index contributed by atoms with van der Waals surface area (Å²) < 4.78 is 0. The average Bonchev–Trinajstić information content (AvgIpc) is 2.33. The van der Waals surface area contributed by atoms with Gasteiger partial charge in [0.05, 0.1) is 0 Å². The van der Waals surface area contributed by atoms with Gasteiger partial charge in [-0.2, -0.15) is 0 Å². The van der Waals surface area contributed by atoms with Gasteiger partial charge in [-0.15, -0.1) is 0 Å². The van der Waals surface area contributed by atoms with Gasteiger partial charge in [0.2, 0.25) is 5.91 Å². The number of amides is 1. The van der Waals surface area contributed by atoms with Crippen molar-refractivity contribution in [2.45, 2.75) is 51.5 Å². The molecule has 1 amide bonds. The van der Waals surface area contributed by atoms with Crippen LogP contribution in [0.15, 0.2) is 12.2 Å². The Bertz CT molecular complexity index is 338. The number of carbonyl (C=O) groups excluding carboxylic acids is 1. The molecule has 6 heteroatoms. The van der Waals surface area contributed by atoms with Crippen molar-refractivity contribution in [3.8, 4) is 0 Å². The maximum absolute atomic E-state index is 11.5. The fourth-order valence-corrected chi connectivity index (χ4v) is 1.41. The number of carboxylic acid groups (broad SMARTS) is 2. The Labute approximate surface area is 112 Å². The zero-order chi connectivity index (χ0) is 14.7. The van der Waals surface area contributed by atoms with Gasteiger partial charge in [0.15, 0.2) is 0 Å². The van der Waals surface area contributed by atoms with E-state index in [1.807, 2.05) is 6.08 Å². The molecule has 0 aliphatic heterocycles. The maximum Gasteiger partial charge on any atom is 0.326 e. The molecule has 0 rings (SSSR count). The van der Waals surface area contributed by atoms with E-state index >= 15 is 0 Å². The van der Waals surface area contributed by atoms with Gasteiger partial charge < -0.3 is 15.5 Å². The Morgan fingerprint density at radius 3 is 2.42 bits per heavy atom. The number of carbonyl (C=O) groups is 3. The first kappa shape index (κ1) is 17.2. The van der Waals surface area contributed by atoms with E-state index in [0.717, 1.165) is 19.3 Å². The minimum absolute atomic E-state index is 0.112. The zero-order valence-electron chi connectivity index (χ0n) is 11.1. The van der Waals surface area contributed by atoms with E-state index in [9.17, 15) is 14.4 Å². The van der Waals surface area contributed by atoms with E-state index in [-0.39, 0.29) is 19.3 Å². The van der Waals surface area contributed by atoms with Crippen LogP contribution in [0.25, 0.3) is 0 Å². The normalized spacial score (nSPS) is 12.3. The summed E-state index contributed by atoms with van der Waals surface area (Å²) in [5.74, 6) is -2.71. The lowest BCUT2D eigenvalue weighted by atomic mass is 10.1. The molecule has 0 heterocycles. The number of hydrogen-bond acceptors (Lipinski definition) is 3. The highest BCUT2D eigenvalue weighted by Crippen LogP contribution is 2.00. The molecule has 0 aliphatic rings. The molecule has 19 heavy (non-hydrogen) atoms. The second kappa shape index (κ2) is 10.1. The van der Waals surface area contributed by atoms with Crippen molar-refractivity contribution in [1.82, 2.24) is 5.32 Å². The summed E-state index contributed by atoms with van der Waals surface area (Å²) in [6, 6.07) is -1.15. The third kappa shape index (κ3) is 9.82. The molecule has 0 aliphatic carbocycles. The van der Waals surface area contributed by atoms with Crippen LogP contribution in [0.3, 0.4) is 0 Å². The van der Waals surface area contributed by atoms with Crippen molar-refractivity contribution in [3.05, 3.63) is 12.2 Å². The lowest BCUT2D eigenvalue weighted by Crippen LogP contribution is -2.40. The van der Waals surface area contributed by atoms with Gasteiger partial charge in [-0.1, -0.05) is 31.9 Å². The van der Waals surface area contributed by atoms with E-state index in [2.05, 4.69) is 12.2 Å². The summed E-state index contributed by atoms with van der Waals surface area (Å²) in [6.45, 7) is 2.07. The van der Waals surface area contributed by atoms with E-state index in [0.29, 0.717) is 0 Å². The molecular weight excluding hydrogens is 250 g/mol. The lowest BCUT2D eigenvalue weighted by molar-refractivity contribution is -0.143. The quantitative estimate of drug-likeness (QED) is 0.413. The van der Waals surface area contributed by atoms with Crippen LogP contribution < -0.4 is 5.32 Å². The van der Waals surface area contributed by atoms with Crippen LogP contribution >= 0.6 is 0 Å². The molecule has 0 bridgehead atoms. The SMILES string of the molecule is CCCC/C=C/CC(=O)N[C@@H](CCC(=O)O)C(=O)O. The van der Waals surface area contributed by atoms with Crippen LogP contribution in [-0.2, 0) is 14.4 Å². The Balaban J connectivity index is 4.06. The highest BCUT2D eigenvalue weighted by molar-refractivity contribution is 5.84. The van der Waals surface area contributed by atoms with Crippen LogP contribution in [0.5, 0.6) is 0 Å². The van der Waals surface area contributed by atoms with Crippen molar-refractivity contribution >= 4 is 17.8 Å². The third-order valence-electron chi connectivity index (χ3n) is 2.47. The van der Waals surface area contributed by atoms with Crippen molar-refractivity contribution < 1.29 is 24.6 Å². The number of hydrogen-bond donors (Lipinski definition) is 3. The van der Waals surface area contributed by atoms with Crippen molar-refractivity contribution in [2.24, 2.45) is 0 Å². The standard InChI is InChI=1S/C13H21NO5/c1-2-3-4-5-6-7-11(15)14-10(13(18)19)8-9-12(16)17/h5-6,10H,2-4,7-9H2,1H3,(H,14,15)(H,16,17)(H,18,19)/b6-5+/t10-/m0/s1. The van der Waals surface area contributed by atoms with Crippen molar-refractivity contribution in [1.29, 1.82) is 0 Å². The van der Waals surface area contributed by atoms with Crippen LogP contribution in [-0.4, -0.2) is 34.1 Å². The summed E-state index contributed by atoms with van der Waals surface area (Å²) in [5.41, 5.74) is 0. The molecule has 0 aromatic heterocycles. The first-order valence-electron chi connectivity index (χ1n) is 6.36. The highest BCUT2D eigenvalue weighted by atomic mass is 16.4. The van der Waals surface area contributed by atoms with Gasteiger partial charge in [-0.3, -0.25) is 9.59 Å². The second-order valence-electron chi connectivity index (χ2n) is 4.21. The van der Waals surface area contributed by atoms with Gasteiger partial charge >= 0.3 is 11.9 Å². The van der Waals surface area contributed by atoms with Gasteiger partial charge in [0.25, 0.3) is 0 Å².